The zero-order valence-electron chi connectivity index (χ0n) is 16.7. The van der Waals surface area contributed by atoms with Crippen molar-refractivity contribution in [3.8, 4) is 0 Å². The van der Waals surface area contributed by atoms with Crippen LogP contribution in [0.3, 0.4) is 0 Å². The molecule has 0 unspecified atom stereocenters. The molecule has 2 heterocycles. The summed E-state index contributed by atoms with van der Waals surface area (Å²) in [7, 11) is 0. The molecule has 0 bridgehead atoms. The zero-order chi connectivity index (χ0) is 20.4. The Bertz CT molecular complexity index is 896. The molecule has 2 fully saturated rings. The average Bonchev–Trinajstić information content (AvgIpc) is 3.20. The number of amides is 4. The van der Waals surface area contributed by atoms with Gasteiger partial charge in [0.15, 0.2) is 5.54 Å². The van der Waals surface area contributed by atoms with Crippen LogP contribution in [0.15, 0.2) is 34.7 Å². The maximum atomic E-state index is 13.0. The van der Waals surface area contributed by atoms with Crippen molar-refractivity contribution in [2.75, 3.05) is 6.54 Å². The Labute approximate surface area is 169 Å². The molecule has 1 atom stereocenters. The molecule has 2 aliphatic rings. The lowest BCUT2D eigenvalue weighted by atomic mass is 9.96. The summed E-state index contributed by atoms with van der Waals surface area (Å²) in [6.45, 7) is 1.33. The molecule has 1 aliphatic carbocycles. The van der Waals surface area contributed by atoms with E-state index in [1.165, 1.54) is 19.3 Å². The smallest absolute Gasteiger partial charge is 0.325 e. The maximum absolute atomic E-state index is 13.0. The molecular formula is C22H27N3O4. The van der Waals surface area contributed by atoms with Crippen LogP contribution in [0.25, 0.3) is 11.0 Å². The van der Waals surface area contributed by atoms with Gasteiger partial charge in [-0.2, -0.15) is 0 Å². The Hall–Kier alpha value is -2.83. The molecule has 1 aromatic heterocycles. The van der Waals surface area contributed by atoms with Crippen LogP contribution < -0.4 is 10.6 Å². The Balaban J connectivity index is 1.45. The molecule has 29 heavy (non-hydrogen) atoms. The first-order valence-corrected chi connectivity index (χ1v) is 10.4. The number of rotatable bonds is 4. The number of furan rings is 1. The molecule has 2 aromatic rings. The Morgan fingerprint density at radius 3 is 2.59 bits per heavy atom. The van der Waals surface area contributed by atoms with Gasteiger partial charge in [-0.15, -0.1) is 0 Å². The van der Waals surface area contributed by atoms with Crippen LogP contribution in [0.2, 0.25) is 0 Å². The fourth-order valence-electron chi connectivity index (χ4n) is 4.25. The number of benzene rings is 1. The van der Waals surface area contributed by atoms with Crippen LogP contribution in [-0.2, 0) is 15.1 Å². The number of imide groups is 1. The van der Waals surface area contributed by atoms with Crippen LogP contribution >= 0.6 is 0 Å². The highest BCUT2D eigenvalue weighted by Crippen LogP contribution is 2.33. The molecule has 1 saturated carbocycles. The van der Waals surface area contributed by atoms with Crippen molar-refractivity contribution >= 4 is 28.8 Å². The molecule has 7 nitrogen and oxygen atoms in total. The van der Waals surface area contributed by atoms with E-state index in [1.807, 2.05) is 24.3 Å². The van der Waals surface area contributed by atoms with E-state index in [1.54, 1.807) is 13.0 Å². The van der Waals surface area contributed by atoms with Gasteiger partial charge in [0.25, 0.3) is 5.91 Å². The van der Waals surface area contributed by atoms with Gasteiger partial charge in [-0.05, 0) is 31.9 Å². The van der Waals surface area contributed by atoms with Gasteiger partial charge in [0.1, 0.15) is 17.9 Å². The summed E-state index contributed by atoms with van der Waals surface area (Å²) in [5.41, 5.74) is -0.678. The van der Waals surface area contributed by atoms with Crippen LogP contribution in [0.1, 0.15) is 57.6 Å². The van der Waals surface area contributed by atoms with Crippen molar-refractivity contribution in [3.63, 3.8) is 0 Å². The second-order valence-corrected chi connectivity index (χ2v) is 8.20. The first-order chi connectivity index (χ1) is 14.0. The highest BCUT2D eigenvalue weighted by Gasteiger charge is 2.51. The average molecular weight is 397 g/mol. The highest BCUT2D eigenvalue weighted by molar-refractivity contribution is 6.09. The van der Waals surface area contributed by atoms with Gasteiger partial charge >= 0.3 is 6.03 Å². The predicted molar refractivity (Wildman–Crippen MR) is 108 cm³/mol. The van der Waals surface area contributed by atoms with Crippen LogP contribution in [0, 0.1) is 0 Å². The summed E-state index contributed by atoms with van der Waals surface area (Å²) in [5, 5.41) is 6.56. The van der Waals surface area contributed by atoms with E-state index >= 15 is 0 Å². The molecule has 0 radical (unpaired) electrons. The van der Waals surface area contributed by atoms with Gasteiger partial charge in [0.2, 0.25) is 5.91 Å². The van der Waals surface area contributed by atoms with E-state index in [9.17, 15) is 14.4 Å². The summed E-state index contributed by atoms with van der Waals surface area (Å²) in [6.07, 6.45) is 7.72. The number of nitrogens with one attached hydrogen (secondary N) is 2. The second-order valence-electron chi connectivity index (χ2n) is 8.20. The van der Waals surface area contributed by atoms with Crippen molar-refractivity contribution < 1.29 is 18.8 Å². The normalized spacial score (nSPS) is 23.7. The third-order valence-corrected chi connectivity index (χ3v) is 5.97. The number of hydrogen-bond donors (Lipinski definition) is 2. The topological polar surface area (TPSA) is 91.7 Å². The minimum Gasteiger partial charge on any atom is -0.458 e. The maximum Gasteiger partial charge on any atom is 0.325 e. The van der Waals surface area contributed by atoms with Gasteiger partial charge < -0.3 is 15.1 Å². The molecule has 4 amide bonds. The molecule has 4 rings (SSSR count). The first-order valence-electron chi connectivity index (χ1n) is 10.4. The minimum atomic E-state index is -1.32. The summed E-state index contributed by atoms with van der Waals surface area (Å²) >= 11 is 0. The quantitative estimate of drug-likeness (QED) is 0.773. The van der Waals surface area contributed by atoms with Gasteiger partial charge in [-0.3, -0.25) is 14.5 Å². The van der Waals surface area contributed by atoms with Crippen molar-refractivity contribution in [1.82, 2.24) is 15.5 Å². The van der Waals surface area contributed by atoms with E-state index < -0.39 is 17.5 Å². The monoisotopic (exact) mass is 397 g/mol. The standard InChI is InChI=1S/C22H27N3O4/c1-22(18-13-15-9-7-8-12-17(15)29-18)20(27)25(21(28)24-22)14-19(26)23-16-10-5-3-2-4-6-11-16/h7-9,12-13,16H,2-6,10-11,14H2,1H3,(H,23,26)(H,24,28)/t22-/m1/s1. The van der Waals surface area contributed by atoms with Crippen molar-refractivity contribution in [2.45, 2.75) is 63.5 Å². The summed E-state index contributed by atoms with van der Waals surface area (Å²) in [4.78, 5) is 39.0. The van der Waals surface area contributed by atoms with Gasteiger partial charge in [-0.1, -0.05) is 50.3 Å². The largest absolute Gasteiger partial charge is 0.458 e. The lowest BCUT2D eigenvalue weighted by Gasteiger charge is -2.22. The van der Waals surface area contributed by atoms with Crippen LogP contribution in [0.5, 0.6) is 0 Å². The van der Waals surface area contributed by atoms with Crippen LogP contribution in [0.4, 0.5) is 4.79 Å². The van der Waals surface area contributed by atoms with E-state index in [0.717, 1.165) is 36.0 Å². The molecule has 7 heteroatoms. The number of nitrogens with zero attached hydrogens (tertiary/aromatic N) is 1. The molecule has 2 N–H and O–H groups in total. The number of hydrogen-bond acceptors (Lipinski definition) is 4. The van der Waals surface area contributed by atoms with E-state index in [2.05, 4.69) is 10.6 Å². The summed E-state index contributed by atoms with van der Waals surface area (Å²) in [6, 6.07) is 8.71. The van der Waals surface area contributed by atoms with Gasteiger partial charge in [0, 0.05) is 11.4 Å². The molecular weight excluding hydrogens is 370 g/mol. The summed E-state index contributed by atoms with van der Waals surface area (Å²) < 4.78 is 5.81. The third kappa shape index (κ3) is 3.86. The van der Waals surface area contributed by atoms with Gasteiger partial charge in [0.05, 0.1) is 0 Å². The van der Waals surface area contributed by atoms with E-state index in [0.29, 0.717) is 11.3 Å². The Morgan fingerprint density at radius 2 is 1.86 bits per heavy atom. The molecule has 154 valence electrons. The van der Waals surface area contributed by atoms with Crippen molar-refractivity contribution in [2.24, 2.45) is 0 Å². The predicted octanol–water partition coefficient (Wildman–Crippen LogP) is 3.43. The van der Waals surface area contributed by atoms with Crippen LogP contribution in [-0.4, -0.2) is 35.3 Å². The Morgan fingerprint density at radius 1 is 1.17 bits per heavy atom. The number of urea groups is 1. The molecule has 0 spiro atoms. The second kappa shape index (κ2) is 7.89. The third-order valence-electron chi connectivity index (χ3n) is 5.97. The summed E-state index contributed by atoms with van der Waals surface area (Å²) in [5.74, 6) is -0.415. The number of fused-ring (bicyclic) bond motifs is 1. The van der Waals surface area contributed by atoms with Gasteiger partial charge in [-0.25, -0.2) is 4.79 Å². The molecule has 1 aliphatic heterocycles. The highest BCUT2D eigenvalue weighted by atomic mass is 16.3. The minimum absolute atomic E-state index is 0.116. The zero-order valence-corrected chi connectivity index (χ0v) is 16.7. The fourth-order valence-corrected chi connectivity index (χ4v) is 4.25. The SMILES string of the molecule is C[C@]1(c2cc3ccccc3o2)NC(=O)N(CC(=O)NC2CCCCCCC2)C1=O. The van der Waals surface area contributed by atoms with Crippen molar-refractivity contribution in [3.05, 3.63) is 36.1 Å². The molecule has 1 aromatic carbocycles. The van der Waals surface area contributed by atoms with Crippen molar-refractivity contribution in [1.29, 1.82) is 0 Å². The number of para-hydroxylation sites is 1. The lowest BCUT2D eigenvalue weighted by molar-refractivity contribution is -0.135. The van der Waals surface area contributed by atoms with E-state index in [4.69, 9.17) is 4.42 Å². The number of carbonyl (C=O) groups excluding carboxylic acids is 3. The van der Waals surface area contributed by atoms with E-state index in [-0.39, 0.29) is 18.5 Å². The lowest BCUT2D eigenvalue weighted by Crippen LogP contribution is -2.45. The number of carbonyl (C=O) groups is 3. The molecule has 1 saturated heterocycles. The fraction of sp³-hybridized carbons (Fsp3) is 0.500. The Kier molecular flexibility index (Phi) is 5.30. The first kappa shape index (κ1) is 19.5.